The fraction of sp³-hybridized carbons (Fsp3) is 0.458. The van der Waals surface area contributed by atoms with Crippen LogP contribution in [-0.2, 0) is 27.1 Å². The zero-order valence-electron chi connectivity index (χ0n) is 41.7. The van der Waals surface area contributed by atoms with Gasteiger partial charge in [-0.05, 0) is 163 Å². The van der Waals surface area contributed by atoms with Gasteiger partial charge in [-0.3, -0.25) is 0 Å². The SMILES string of the molecule is CCC(C)(C)c1cc(N2c3cc(C(C)C)cc4c3B(c3cc(C(C)(C)C)ccc3N4c3ccc(C(C)(C)C)cc3)c3oc4cc5c(cc4c32)C(C)(C)CCC5(C)C)ccc1C(C)C. The van der Waals surface area contributed by atoms with Gasteiger partial charge in [0, 0.05) is 33.8 Å². The molecule has 1 aromatic heterocycles. The van der Waals surface area contributed by atoms with Crippen molar-refractivity contribution in [3.63, 3.8) is 0 Å². The van der Waals surface area contributed by atoms with Gasteiger partial charge in [0.25, 0.3) is 6.71 Å². The monoisotopic (exact) mass is 837 g/mol. The van der Waals surface area contributed by atoms with Crippen LogP contribution >= 0.6 is 0 Å². The molecule has 1 aliphatic carbocycles. The van der Waals surface area contributed by atoms with Gasteiger partial charge in [-0.15, -0.1) is 0 Å². The third-order valence-corrected chi connectivity index (χ3v) is 15.7. The number of nitrogens with zero attached hydrogens (tertiary/aromatic N) is 2. The van der Waals surface area contributed by atoms with Gasteiger partial charge < -0.3 is 14.2 Å². The van der Waals surface area contributed by atoms with Crippen LogP contribution in [0.5, 0.6) is 0 Å². The van der Waals surface area contributed by atoms with E-state index in [4.69, 9.17) is 4.42 Å². The largest absolute Gasteiger partial charge is 0.468 e. The Morgan fingerprint density at radius 2 is 1.19 bits per heavy atom. The molecule has 63 heavy (non-hydrogen) atoms. The lowest BCUT2D eigenvalue weighted by Gasteiger charge is -2.44. The molecule has 0 N–H and O–H groups in total. The van der Waals surface area contributed by atoms with Crippen LogP contribution in [0.25, 0.3) is 11.0 Å². The summed E-state index contributed by atoms with van der Waals surface area (Å²) in [4.78, 5) is 5.20. The van der Waals surface area contributed by atoms with Crippen molar-refractivity contribution in [2.24, 2.45) is 0 Å². The van der Waals surface area contributed by atoms with Crippen molar-refractivity contribution in [2.45, 2.75) is 176 Å². The van der Waals surface area contributed by atoms with Crippen LogP contribution in [0.1, 0.15) is 188 Å². The summed E-state index contributed by atoms with van der Waals surface area (Å²) in [5.41, 5.74) is 21.9. The van der Waals surface area contributed by atoms with Crippen molar-refractivity contribution in [1.29, 1.82) is 0 Å². The lowest BCUT2D eigenvalue weighted by atomic mass is 9.35. The van der Waals surface area contributed by atoms with Gasteiger partial charge in [-0.2, -0.15) is 0 Å². The van der Waals surface area contributed by atoms with E-state index in [0.29, 0.717) is 11.8 Å². The number of rotatable bonds is 6. The van der Waals surface area contributed by atoms with Crippen LogP contribution in [0, 0.1) is 0 Å². The first-order valence-corrected chi connectivity index (χ1v) is 24.1. The van der Waals surface area contributed by atoms with E-state index in [2.05, 4.69) is 212 Å². The molecule has 9 rings (SSSR count). The normalized spacial score (nSPS) is 16.7. The molecule has 0 bridgehead atoms. The molecule has 4 heteroatoms. The maximum absolute atomic E-state index is 7.59. The van der Waals surface area contributed by atoms with Crippen LogP contribution in [0.3, 0.4) is 0 Å². The minimum Gasteiger partial charge on any atom is -0.468 e. The molecule has 5 aromatic carbocycles. The Kier molecular flexibility index (Phi) is 9.96. The van der Waals surface area contributed by atoms with E-state index < -0.39 is 0 Å². The Bertz CT molecular complexity index is 2780. The lowest BCUT2D eigenvalue weighted by molar-refractivity contribution is 0.332. The van der Waals surface area contributed by atoms with Crippen molar-refractivity contribution < 1.29 is 4.42 Å². The van der Waals surface area contributed by atoms with Gasteiger partial charge in [0.05, 0.1) is 11.3 Å². The Morgan fingerprint density at radius 3 is 1.76 bits per heavy atom. The molecular weight excluding hydrogens is 763 g/mol. The summed E-state index contributed by atoms with van der Waals surface area (Å²) in [7, 11) is 0. The predicted molar refractivity (Wildman–Crippen MR) is 274 cm³/mol. The summed E-state index contributed by atoms with van der Waals surface area (Å²) in [5.74, 6) is 0.730. The average molecular weight is 837 g/mol. The third-order valence-electron chi connectivity index (χ3n) is 15.7. The number of fused-ring (bicyclic) bond motifs is 7. The Hall–Kier alpha value is -4.70. The number of benzene rings is 5. The highest BCUT2D eigenvalue weighted by Gasteiger charge is 2.48. The second-order valence-corrected chi connectivity index (χ2v) is 24.2. The molecule has 3 nitrogen and oxygen atoms in total. The maximum Gasteiger partial charge on any atom is 0.297 e. The number of hydrogen-bond donors (Lipinski definition) is 0. The predicted octanol–water partition coefficient (Wildman–Crippen LogP) is 15.4. The van der Waals surface area contributed by atoms with E-state index in [9.17, 15) is 0 Å². The summed E-state index contributed by atoms with van der Waals surface area (Å²) in [5, 5.41) is 1.22. The summed E-state index contributed by atoms with van der Waals surface area (Å²) >= 11 is 0. The Morgan fingerprint density at radius 1 is 0.619 bits per heavy atom. The van der Waals surface area contributed by atoms with Crippen LogP contribution in [0.15, 0.2) is 89.3 Å². The first-order chi connectivity index (χ1) is 29.3. The highest BCUT2D eigenvalue weighted by Crippen LogP contribution is 2.52. The van der Waals surface area contributed by atoms with Crippen molar-refractivity contribution in [3.05, 3.63) is 124 Å². The van der Waals surface area contributed by atoms with E-state index >= 15 is 0 Å². The van der Waals surface area contributed by atoms with Crippen molar-refractivity contribution >= 4 is 68.4 Å². The summed E-state index contributed by atoms with van der Waals surface area (Å²) in [6, 6.07) is 34.1. The molecule has 3 aliphatic rings. The van der Waals surface area contributed by atoms with E-state index in [-0.39, 0.29) is 33.8 Å². The molecule has 0 radical (unpaired) electrons. The second-order valence-electron chi connectivity index (χ2n) is 24.2. The standard InChI is InChI=1S/C59H73BN2O/c1-18-57(12,13)44-32-41(24-25-42(44)36(4)5)62-50-30-37(35(2)3)29-49-52(50)60(54-53(62)43-33-45-46(34-51(43)63-54)59(16,17)28-27-58(45,14)15)47-31-39(56(9,10)11)21-26-48(47)61(49)40-22-19-38(20-23-40)55(6,7)8/h19-26,29-36H,18,27-28H2,1-17H3. The highest BCUT2D eigenvalue weighted by molar-refractivity contribution is 7.00. The van der Waals surface area contributed by atoms with Crippen molar-refractivity contribution in [3.8, 4) is 0 Å². The zero-order valence-corrected chi connectivity index (χ0v) is 41.7. The minimum atomic E-state index is -0.100. The smallest absolute Gasteiger partial charge is 0.297 e. The molecule has 3 heterocycles. The van der Waals surface area contributed by atoms with Gasteiger partial charge in [0.15, 0.2) is 0 Å². The minimum absolute atomic E-state index is 0.00142. The highest BCUT2D eigenvalue weighted by atomic mass is 16.3. The summed E-state index contributed by atoms with van der Waals surface area (Å²) in [6.45, 7) is 40.2. The molecule has 2 aliphatic heterocycles. The first kappa shape index (κ1) is 43.6. The molecule has 328 valence electrons. The quantitative estimate of drug-likeness (QED) is 0.156. The van der Waals surface area contributed by atoms with Crippen LogP contribution in [-0.4, -0.2) is 6.71 Å². The lowest BCUT2D eigenvalue weighted by Crippen LogP contribution is -2.61. The fourth-order valence-corrected chi connectivity index (χ4v) is 11.0. The van der Waals surface area contributed by atoms with Crippen LogP contribution < -0.4 is 26.4 Å². The summed E-state index contributed by atoms with van der Waals surface area (Å²) < 4.78 is 7.59. The molecule has 0 amide bonds. The summed E-state index contributed by atoms with van der Waals surface area (Å²) in [6.07, 6.45) is 3.38. The Labute approximate surface area is 380 Å². The van der Waals surface area contributed by atoms with E-state index in [1.165, 1.54) is 89.4 Å². The van der Waals surface area contributed by atoms with Crippen molar-refractivity contribution in [2.75, 3.05) is 9.80 Å². The van der Waals surface area contributed by atoms with E-state index in [1.54, 1.807) is 0 Å². The first-order valence-electron chi connectivity index (χ1n) is 24.1. The third kappa shape index (κ3) is 6.91. The number of anilines is 6. The fourth-order valence-electron chi connectivity index (χ4n) is 11.0. The van der Waals surface area contributed by atoms with E-state index in [1.807, 2.05) is 0 Å². The van der Waals surface area contributed by atoms with Crippen LogP contribution in [0.4, 0.5) is 34.1 Å². The maximum atomic E-state index is 7.59. The van der Waals surface area contributed by atoms with E-state index in [0.717, 1.165) is 30.5 Å². The topological polar surface area (TPSA) is 19.6 Å². The molecule has 0 fully saturated rings. The van der Waals surface area contributed by atoms with Gasteiger partial charge in [0.2, 0.25) is 0 Å². The molecule has 0 saturated carbocycles. The van der Waals surface area contributed by atoms with Crippen LogP contribution in [0.2, 0.25) is 0 Å². The van der Waals surface area contributed by atoms with Gasteiger partial charge in [-0.1, -0.05) is 148 Å². The zero-order chi connectivity index (χ0) is 45.5. The number of furan rings is 1. The van der Waals surface area contributed by atoms with Crippen molar-refractivity contribution in [1.82, 2.24) is 0 Å². The molecule has 0 spiro atoms. The molecule has 0 atom stereocenters. The van der Waals surface area contributed by atoms with Gasteiger partial charge in [-0.25, -0.2) is 0 Å². The van der Waals surface area contributed by atoms with Gasteiger partial charge in [0.1, 0.15) is 5.58 Å². The molecular formula is C59H73BN2O. The molecule has 6 aromatic rings. The average Bonchev–Trinajstić information content (AvgIpc) is 3.59. The molecule has 0 saturated heterocycles. The molecule has 0 unspecified atom stereocenters. The van der Waals surface area contributed by atoms with Gasteiger partial charge >= 0.3 is 0 Å². The number of hydrogen-bond acceptors (Lipinski definition) is 3. The second kappa shape index (κ2) is 14.4. The Balaban J connectivity index is 1.44.